The average molecular weight is 477 g/mol. The first-order chi connectivity index (χ1) is 14.4. The van der Waals surface area contributed by atoms with E-state index in [2.05, 4.69) is 11.9 Å². The summed E-state index contributed by atoms with van der Waals surface area (Å²) < 4.78 is 45.9. The van der Waals surface area contributed by atoms with Gasteiger partial charge in [0, 0.05) is 25.0 Å². The van der Waals surface area contributed by atoms with Crippen molar-refractivity contribution in [2.75, 3.05) is 33.1 Å². The minimum absolute atomic E-state index is 0.00816. The van der Waals surface area contributed by atoms with Crippen LogP contribution in [0.4, 0.5) is 4.39 Å². The Hall–Kier alpha value is -1.71. The number of terminal acetylenes is 1. The largest absolute Gasteiger partial charge is 0.407 e. The fourth-order valence-electron chi connectivity index (χ4n) is 2.79. The minimum Gasteiger partial charge on any atom is -0.386 e. The van der Waals surface area contributed by atoms with Crippen molar-refractivity contribution < 1.29 is 37.4 Å². The standard InChI is InChI=1S/C18H25FN3O7PS/c1-6-18(19)16(25)14(29-17(18)22-8-7-15(24)20-12(22)2)11-28-30(26,21(4)5)27-9-10-31-13(3)23/h1,7-8,14,16-17,25H,2,9-11H2,3-5H3,(H,20,24)/t14-,16+,17-,18?,30?/m1/s1. The van der Waals surface area contributed by atoms with Gasteiger partial charge in [-0.3, -0.25) is 18.6 Å². The highest BCUT2D eigenvalue weighted by atomic mass is 32.2. The number of hydrogen-bond acceptors (Lipinski definition) is 9. The maximum atomic E-state index is 15.5. The molecule has 10 nitrogen and oxygen atoms in total. The van der Waals surface area contributed by atoms with Gasteiger partial charge in [-0.15, -0.1) is 6.42 Å². The van der Waals surface area contributed by atoms with Gasteiger partial charge in [-0.1, -0.05) is 24.3 Å². The van der Waals surface area contributed by atoms with Gasteiger partial charge in [-0.2, -0.15) is 0 Å². The van der Waals surface area contributed by atoms with Crippen molar-refractivity contribution in [3.63, 3.8) is 0 Å². The van der Waals surface area contributed by atoms with Gasteiger partial charge in [0.2, 0.25) is 5.67 Å². The molecule has 172 valence electrons. The molecule has 0 aromatic carbocycles. The van der Waals surface area contributed by atoms with Gasteiger partial charge >= 0.3 is 7.75 Å². The number of carbonyl (C=O) groups excluding carboxylic acids is 2. The van der Waals surface area contributed by atoms with Crippen molar-refractivity contribution >= 4 is 30.5 Å². The van der Waals surface area contributed by atoms with Gasteiger partial charge < -0.3 is 20.1 Å². The number of thioether (sulfide) groups is 1. The van der Waals surface area contributed by atoms with Crippen LogP contribution in [0.15, 0.2) is 24.7 Å². The third kappa shape index (κ3) is 5.75. The second kappa shape index (κ2) is 10.3. The first kappa shape index (κ1) is 25.5. The second-order valence-corrected chi connectivity index (χ2v) is 10.4. The monoisotopic (exact) mass is 477 g/mol. The predicted molar refractivity (Wildman–Crippen MR) is 112 cm³/mol. The number of amides is 1. The molecule has 0 aromatic rings. The van der Waals surface area contributed by atoms with Crippen LogP contribution in [0.1, 0.15) is 6.92 Å². The van der Waals surface area contributed by atoms with Crippen LogP contribution >= 0.6 is 19.5 Å². The fraction of sp³-hybridized carbons (Fsp3) is 0.556. The number of ether oxygens (including phenoxy) is 1. The highest BCUT2D eigenvalue weighted by Crippen LogP contribution is 2.51. The Morgan fingerprint density at radius 1 is 1.58 bits per heavy atom. The zero-order valence-corrected chi connectivity index (χ0v) is 19.0. The summed E-state index contributed by atoms with van der Waals surface area (Å²) in [7, 11) is -0.895. The van der Waals surface area contributed by atoms with E-state index in [1.807, 2.05) is 5.92 Å². The molecule has 2 N–H and O–H groups in total. The first-order valence-electron chi connectivity index (χ1n) is 9.11. The molecule has 0 saturated carbocycles. The van der Waals surface area contributed by atoms with Crippen molar-refractivity contribution in [3.05, 3.63) is 24.7 Å². The minimum atomic E-state index is -3.81. The molecule has 1 fully saturated rings. The van der Waals surface area contributed by atoms with Gasteiger partial charge in [-0.25, -0.2) is 13.6 Å². The Labute approximate surface area is 184 Å². The highest BCUT2D eigenvalue weighted by molar-refractivity contribution is 8.13. The lowest BCUT2D eigenvalue weighted by Crippen LogP contribution is -2.52. The molecule has 5 atom stereocenters. The summed E-state index contributed by atoms with van der Waals surface area (Å²) in [5.74, 6) is 1.71. The zero-order valence-electron chi connectivity index (χ0n) is 17.3. The van der Waals surface area contributed by atoms with Crippen LogP contribution in [0.2, 0.25) is 0 Å². The van der Waals surface area contributed by atoms with Crippen LogP contribution in [-0.4, -0.2) is 82.9 Å². The van der Waals surface area contributed by atoms with Crippen molar-refractivity contribution in [3.8, 4) is 12.3 Å². The number of alkyl halides is 1. The van der Waals surface area contributed by atoms with E-state index in [1.165, 1.54) is 31.9 Å². The molecule has 2 unspecified atom stereocenters. The van der Waals surface area contributed by atoms with E-state index in [4.69, 9.17) is 20.2 Å². The number of hydrogen-bond donors (Lipinski definition) is 2. The topological polar surface area (TPSA) is 118 Å². The summed E-state index contributed by atoms with van der Waals surface area (Å²) in [6.45, 7) is 4.48. The lowest BCUT2D eigenvalue weighted by molar-refractivity contribution is -0.118. The maximum absolute atomic E-state index is 15.5. The Morgan fingerprint density at radius 2 is 2.26 bits per heavy atom. The summed E-state index contributed by atoms with van der Waals surface area (Å²) in [4.78, 5) is 23.6. The lowest BCUT2D eigenvalue weighted by Gasteiger charge is -2.35. The summed E-state index contributed by atoms with van der Waals surface area (Å²) >= 11 is 1.00. The molecule has 13 heteroatoms. The van der Waals surface area contributed by atoms with E-state index in [-0.39, 0.29) is 23.3 Å². The van der Waals surface area contributed by atoms with E-state index in [9.17, 15) is 19.3 Å². The summed E-state index contributed by atoms with van der Waals surface area (Å²) in [6.07, 6.45) is 3.05. The number of rotatable bonds is 9. The van der Waals surface area contributed by atoms with Crippen molar-refractivity contribution in [2.24, 2.45) is 0 Å². The van der Waals surface area contributed by atoms with E-state index >= 15 is 4.39 Å². The van der Waals surface area contributed by atoms with Crippen molar-refractivity contribution in [1.29, 1.82) is 0 Å². The van der Waals surface area contributed by atoms with E-state index in [1.54, 1.807) is 0 Å². The van der Waals surface area contributed by atoms with Crippen LogP contribution in [0.25, 0.3) is 0 Å². The smallest absolute Gasteiger partial charge is 0.386 e. The molecular weight excluding hydrogens is 452 g/mol. The quantitative estimate of drug-likeness (QED) is 0.281. The lowest BCUT2D eigenvalue weighted by atomic mass is 9.96. The van der Waals surface area contributed by atoms with Crippen LogP contribution in [0.5, 0.6) is 0 Å². The molecule has 31 heavy (non-hydrogen) atoms. The molecule has 2 rings (SSSR count). The number of halogens is 1. The molecule has 0 radical (unpaired) electrons. The predicted octanol–water partition coefficient (Wildman–Crippen LogP) is 0.813. The zero-order chi connectivity index (χ0) is 23.4. The molecule has 2 aliphatic rings. The molecule has 2 heterocycles. The normalized spacial score (nSPS) is 30.2. The molecule has 0 aliphatic carbocycles. The second-order valence-electron chi connectivity index (χ2n) is 6.83. The van der Waals surface area contributed by atoms with Gasteiger partial charge in [0.25, 0.3) is 5.91 Å². The van der Waals surface area contributed by atoms with Crippen molar-refractivity contribution in [2.45, 2.75) is 31.0 Å². The molecule has 2 aliphatic heterocycles. The molecule has 0 spiro atoms. The van der Waals surface area contributed by atoms with Gasteiger partial charge in [0.1, 0.15) is 18.0 Å². The SMILES string of the molecule is C#CC1(F)[C@@H](O)[C@@H](COP(=O)(OCCSC(C)=O)N(C)C)O[C@H]1N1C=CC(=O)NC1=C. The Morgan fingerprint density at radius 3 is 2.81 bits per heavy atom. The summed E-state index contributed by atoms with van der Waals surface area (Å²) in [5.41, 5.74) is -2.68. The fourth-order valence-corrected chi connectivity index (χ4v) is 4.56. The van der Waals surface area contributed by atoms with E-state index in [0.717, 1.165) is 22.7 Å². The number of carbonyl (C=O) groups is 2. The molecule has 0 aromatic heterocycles. The third-order valence-electron chi connectivity index (χ3n) is 4.42. The van der Waals surface area contributed by atoms with Crippen LogP contribution < -0.4 is 5.32 Å². The molecule has 0 bridgehead atoms. The van der Waals surface area contributed by atoms with Crippen LogP contribution in [0, 0.1) is 12.3 Å². The van der Waals surface area contributed by atoms with E-state index < -0.39 is 44.4 Å². The van der Waals surface area contributed by atoms with Crippen molar-refractivity contribution in [1.82, 2.24) is 14.9 Å². The average Bonchev–Trinajstić information content (AvgIpc) is 2.95. The Kier molecular flexibility index (Phi) is 8.47. The molecule has 1 amide bonds. The Balaban J connectivity index is 2.10. The first-order valence-corrected chi connectivity index (χ1v) is 11.6. The summed E-state index contributed by atoms with van der Waals surface area (Å²) in [6, 6.07) is 0. The molecular formula is C18H25FN3O7PS. The number of aliphatic hydroxyl groups excluding tert-OH is 1. The third-order valence-corrected chi connectivity index (χ3v) is 7.16. The van der Waals surface area contributed by atoms with Gasteiger partial charge in [0.05, 0.1) is 13.2 Å². The number of nitrogens with zero attached hydrogens (tertiary/aromatic N) is 2. The van der Waals surface area contributed by atoms with Crippen LogP contribution in [0.3, 0.4) is 0 Å². The van der Waals surface area contributed by atoms with Crippen LogP contribution in [-0.2, 0) is 27.9 Å². The molecule has 1 saturated heterocycles. The maximum Gasteiger partial charge on any atom is 0.407 e. The van der Waals surface area contributed by atoms with Gasteiger partial charge in [0.15, 0.2) is 11.3 Å². The van der Waals surface area contributed by atoms with E-state index in [0.29, 0.717) is 0 Å². The van der Waals surface area contributed by atoms with Gasteiger partial charge in [-0.05, 0) is 14.1 Å². The highest BCUT2D eigenvalue weighted by Gasteiger charge is 2.59. The summed E-state index contributed by atoms with van der Waals surface area (Å²) in [5, 5.41) is 12.8. The number of aliphatic hydroxyl groups is 1. The Bertz CT molecular complexity index is 849. The number of nitrogens with one attached hydrogen (secondary N) is 1.